The maximum atomic E-state index is 12.1. The Bertz CT molecular complexity index is 1230. The Hall–Kier alpha value is 0.810. The first-order valence-corrected chi connectivity index (χ1v) is 19.4. The van der Waals surface area contributed by atoms with Gasteiger partial charge in [0.2, 0.25) is 0 Å². The molecule has 0 aromatic carbocycles. The summed E-state index contributed by atoms with van der Waals surface area (Å²) < 4.78 is 108. The van der Waals surface area contributed by atoms with Gasteiger partial charge >= 0.3 is 54.8 Å². The second kappa shape index (κ2) is 13.0. The molecule has 1 saturated carbocycles. The number of rotatable bonds is 14. The fourth-order valence-corrected chi connectivity index (χ4v) is 8.07. The molecule has 0 bridgehead atoms. The van der Waals surface area contributed by atoms with E-state index in [0.29, 0.717) is 0 Å². The summed E-state index contributed by atoms with van der Waals surface area (Å²) in [7, 11) is -43.0. The van der Waals surface area contributed by atoms with Crippen molar-refractivity contribution in [2.75, 3.05) is 0 Å². The third-order valence-corrected chi connectivity index (χ3v) is 9.60. The Labute approximate surface area is 219 Å². The second-order valence-electron chi connectivity index (χ2n) is 6.89. The van der Waals surface area contributed by atoms with E-state index in [1.165, 1.54) is 0 Å². The number of aliphatic hydroxyl groups is 1. The minimum Gasteiger partial charge on any atom is -0.387 e. The number of hydrogen-bond acceptors (Lipinski definition) is 15. The van der Waals surface area contributed by atoms with Crippen LogP contribution >= 0.6 is 54.8 Å². The zero-order valence-electron chi connectivity index (χ0n) is 18.1. The van der Waals surface area contributed by atoms with Crippen molar-refractivity contribution in [2.24, 2.45) is 0 Å². The topological polar surface area (TPSA) is 447 Å². The molecule has 0 radical (unpaired) electrons. The summed E-state index contributed by atoms with van der Waals surface area (Å²) in [5.74, 6) is 0. The third-order valence-electron chi connectivity index (χ3n) is 3.67. The molecule has 0 aromatic rings. The fraction of sp³-hybridized carbons (Fsp3) is 1.00. The van der Waals surface area contributed by atoms with Gasteiger partial charge < -0.3 is 63.8 Å². The summed E-state index contributed by atoms with van der Waals surface area (Å²) in [6.45, 7) is 0. The molecule has 34 heteroatoms. The van der Waals surface area contributed by atoms with Crippen LogP contribution in [0.15, 0.2) is 0 Å². The molecule has 240 valence electrons. The quantitative estimate of drug-likeness (QED) is 0.0788. The van der Waals surface area contributed by atoms with Crippen molar-refractivity contribution in [3.05, 3.63) is 0 Å². The van der Waals surface area contributed by atoms with Gasteiger partial charge in [0.05, 0.1) is 0 Å². The van der Waals surface area contributed by atoms with Gasteiger partial charge in [-0.1, -0.05) is 0 Å². The molecule has 1 fully saturated rings. The van der Waals surface area contributed by atoms with Crippen molar-refractivity contribution >= 4 is 54.8 Å². The molecule has 8 atom stereocenters. The molecule has 1 rings (SSSR count). The lowest BCUT2D eigenvalue weighted by Gasteiger charge is -2.47. The largest absolute Gasteiger partial charge is 0.481 e. The molecule has 0 heterocycles. The molecular weight excluding hydrogens is 721 g/mol. The zero-order chi connectivity index (χ0) is 31.9. The average molecular weight is 740 g/mol. The van der Waals surface area contributed by atoms with Crippen LogP contribution in [0, 0.1) is 0 Å². The van der Waals surface area contributed by atoms with Gasteiger partial charge in [-0.05, 0) is 0 Å². The summed E-state index contributed by atoms with van der Waals surface area (Å²) in [6, 6.07) is 0. The van der Waals surface area contributed by atoms with Gasteiger partial charge in [0, 0.05) is 0 Å². The number of hydrogen-bond donors (Lipinski definition) is 13. The van der Waals surface area contributed by atoms with Crippen LogP contribution in [0.2, 0.25) is 0 Å². The Morgan fingerprint density at radius 3 is 0.875 bits per heavy atom. The Morgan fingerprint density at radius 1 is 0.350 bits per heavy atom. The first kappa shape index (κ1) is 38.8. The van der Waals surface area contributed by atoms with Gasteiger partial charge in [0.1, 0.15) is 36.6 Å². The van der Waals surface area contributed by atoms with Crippen LogP contribution in [-0.4, -0.2) is 100 Å². The van der Waals surface area contributed by atoms with Crippen molar-refractivity contribution in [3.63, 3.8) is 0 Å². The molecule has 1 aliphatic rings. The molecule has 0 aromatic heterocycles. The Balaban J connectivity index is 3.93. The van der Waals surface area contributed by atoms with E-state index < -0.39 is 91.4 Å². The van der Waals surface area contributed by atoms with E-state index in [1.807, 2.05) is 0 Å². The van der Waals surface area contributed by atoms with Crippen molar-refractivity contribution in [1.29, 1.82) is 0 Å². The van der Waals surface area contributed by atoms with E-state index in [-0.39, 0.29) is 0 Å². The molecule has 13 N–H and O–H groups in total. The zero-order valence-corrected chi connectivity index (χ0v) is 24.4. The SMILES string of the molecule is O=P(O)(O)O[C@@H]1[C@@H](OP(=O)(O)OP(=O)(O)O)[C@H](OP(=O)(O)O)[C@@H](O)[C@@H](OP(=O)(O)OP(=O)(O)O)[C@H]1OP(=O)(O)O. The van der Waals surface area contributed by atoms with Crippen LogP contribution in [0.1, 0.15) is 0 Å². The van der Waals surface area contributed by atoms with Crippen LogP contribution in [-0.2, 0) is 63.2 Å². The first-order chi connectivity index (χ1) is 17.3. The number of phosphoric acid groups is 7. The summed E-state index contributed by atoms with van der Waals surface area (Å²) in [6.07, 6.45) is -19.5. The normalized spacial score (nSPS) is 30.4. The predicted molar refractivity (Wildman–Crippen MR) is 112 cm³/mol. The second-order valence-corrected chi connectivity index (χ2v) is 16.0. The highest BCUT2D eigenvalue weighted by Gasteiger charge is 2.61. The van der Waals surface area contributed by atoms with E-state index in [4.69, 9.17) is 29.4 Å². The van der Waals surface area contributed by atoms with Gasteiger partial charge in [-0.15, -0.1) is 0 Å². The minimum atomic E-state index is -6.34. The molecule has 40 heavy (non-hydrogen) atoms. The summed E-state index contributed by atoms with van der Waals surface area (Å²) in [5, 5.41) is 10.5. The highest BCUT2D eigenvalue weighted by Crippen LogP contribution is 2.63. The van der Waals surface area contributed by atoms with E-state index in [9.17, 15) is 66.4 Å². The molecule has 2 unspecified atom stereocenters. The van der Waals surface area contributed by atoms with Gasteiger partial charge in [0.15, 0.2) is 0 Å². The lowest BCUT2D eigenvalue weighted by atomic mass is 9.85. The maximum absolute atomic E-state index is 12.1. The number of aliphatic hydroxyl groups excluding tert-OH is 1. The monoisotopic (exact) mass is 740 g/mol. The van der Waals surface area contributed by atoms with Crippen LogP contribution in [0.4, 0.5) is 0 Å². The van der Waals surface area contributed by atoms with E-state index >= 15 is 0 Å². The summed E-state index contributed by atoms with van der Waals surface area (Å²) in [4.78, 5) is 109. The summed E-state index contributed by atoms with van der Waals surface area (Å²) in [5.41, 5.74) is 0. The number of phosphoric ester groups is 5. The predicted octanol–water partition coefficient (Wildman–Crippen LogP) is -3.02. The molecule has 0 spiro atoms. The average Bonchev–Trinajstić information content (AvgIpc) is 2.57. The molecule has 0 saturated heterocycles. The van der Waals surface area contributed by atoms with E-state index in [0.717, 1.165) is 0 Å². The standard InChI is InChI=1S/C6H19O27P7/c7-1-2(27-34(8,9)10)5(31-40(25,26)33-38(20,21)22)6(29-36(14,15)16)4(28-35(11,12)13)3(1)30-39(23,24)32-37(17,18)19/h1-7H,(H,23,24)(H,25,26)(H2,8,9,10)(H2,11,12,13)(H2,14,15,16)(H2,17,18,19)(H2,20,21,22)/t1-,2-,3-,4-,5+,6+/m1/s1. The van der Waals surface area contributed by atoms with Crippen LogP contribution in [0.25, 0.3) is 0 Å². The smallest absolute Gasteiger partial charge is 0.387 e. The van der Waals surface area contributed by atoms with Crippen LogP contribution in [0.3, 0.4) is 0 Å². The van der Waals surface area contributed by atoms with Crippen LogP contribution < -0.4 is 0 Å². The summed E-state index contributed by atoms with van der Waals surface area (Å²) >= 11 is 0. The fourth-order valence-electron chi connectivity index (χ4n) is 2.83. The minimum absolute atomic E-state index is 3.20. The van der Waals surface area contributed by atoms with E-state index in [2.05, 4.69) is 31.2 Å². The molecule has 1 aliphatic carbocycles. The van der Waals surface area contributed by atoms with Crippen molar-refractivity contribution in [2.45, 2.75) is 36.6 Å². The van der Waals surface area contributed by atoms with Crippen molar-refractivity contribution in [3.8, 4) is 0 Å². The molecule has 0 aliphatic heterocycles. The van der Waals surface area contributed by atoms with Gasteiger partial charge in [0.25, 0.3) is 0 Å². The van der Waals surface area contributed by atoms with Crippen molar-refractivity contribution in [1.82, 2.24) is 0 Å². The molecular formula is C6H19O27P7. The molecule has 27 nitrogen and oxygen atoms in total. The lowest BCUT2D eigenvalue weighted by Crippen LogP contribution is -2.66. The first-order valence-electron chi connectivity index (χ1n) is 8.76. The van der Waals surface area contributed by atoms with Gasteiger partial charge in [-0.3, -0.25) is 22.6 Å². The highest BCUT2D eigenvalue weighted by molar-refractivity contribution is 7.61. The van der Waals surface area contributed by atoms with E-state index in [1.54, 1.807) is 0 Å². The van der Waals surface area contributed by atoms with Crippen molar-refractivity contribution < 1.29 is 127 Å². The van der Waals surface area contributed by atoms with Gasteiger partial charge in [-0.25, -0.2) is 32.0 Å². The lowest BCUT2D eigenvalue weighted by molar-refractivity contribution is -0.205. The Morgan fingerprint density at radius 2 is 0.575 bits per heavy atom. The molecule has 0 amide bonds. The highest BCUT2D eigenvalue weighted by atomic mass is 31.3. The Kier molecular flexibility index (Phi) is 12.7. The van der Waals surface area contributed by atoms with Crippen LogP contribution in [0.5, 0.6) is 0 Å². The maximum Gasteiger partial charge on any atom is 0.481 e. The third kappa shape index (κ3) is 14.5. The van der Waals surface area contributed by atoms with Gasteiger partial charge in [-0.2, -0.15) is 8.62 Å².